The predicted molar refractivity (Wildman–Crippen MR) is 133 cm³/mol. The Hall–Kier alpha value is -3.35. The molecule has 2 aromatic carbocycles. The maximum Gasteiger partial charge on any atom is 0.407 e. The fraction of sp³-hybridized carbons (Fsp3) is 0.464. The number of carboxylic acid groups (broad SMARTS) is 1. The first-order valence-electron chi connectivity index (χ1n) is 12.5. The third-order valence-electron chi connectivity index (χ3n) is 7.28. The summed E-state index contributed by atoms with van der Waals surface area (Å²) >= 11 is 0. The van der Waals surface area contributed by atoms with Gasteiger partial charge in [0.05, 0.1) is 17.9 Å². The van der Waals surface area contributed by atoms with Crippen molar-refractivity contribution in [3.63, 3.8) is 0 Å². The van der Waals surface area contributed by atoms with Gasteiger partial charge in [-0.2, -0.15) is 0 Å². The van der Waals surface area contributed by atoms with E-state index in [1.54, 1.807) is 0 Å². The number of aliphatic carboxylic acids is 1. The summed E-state index contributed by atoms with van der Waals surface area (Å²) in [6.07, 6.45) is 3.90. The van der Waals surface area contributed by atoms with Gasteiger partial charge in [0.2, 0.25) is 5.91 Å². The standard InChI is InChI=1S/C28H34N2O5/c1-2-9-19(26(33)30-28(16-25(31)32)14-7-8-15-28)17-29-27(34)35-18-24-22-12-5-3-10-20(22)21-11-4-6-13-23(21)24/h3-6,10-13,19,24H,2,7-9,14-18H2,1H3,(H,29,34)(H,30,33)(H,31,32). The van der Waals surface area contributed by atoms with Crippen LogP contribution in [0.3, 0.4) is 0 Å². The first kappa shape index (κ1) is 24.8. The third kappa shape index (κ3) is 5.66. The van der Waals surface area contributed by atoms with Crippen LogP contribution in [0.4, 0.5) is 4.79 Å². The van der Waals surface area contributed by atoms with E-state index in [1.807, 2.05) is 31.2 Å². The van der Waals surface area contributed by atoms with Gasteiger partial charge in [-0.05, 0) is 41.5 Å². The second-order valence-corrected chi connectivity index (χ2v) is 9.74. The molecule has 2 amide bonds. The summed E-state index contributed by atoms with van der Waals surface area (Å²) in [5.74, 6) is -1.57. The molecule has 4 rings (SSSR count). The van der Waals surface area contributed by atoms with Gasteiger partial charge >= 0.3 is 12.1 Å². The van der Waals surface area contributed by atoms with Crippen molar-refractivity contribution in [2.45, 2.75) is 63.3 Å². The summed E-state index contributed by atoms with van der Waals surface area (Å²) in [5.41, 5.74) is 3.94. The van der Waals surface area contributed by atoms with Gasteiger partial charge in [0.1, 0.15) is 6.61 Å². The zero-order valence-electron chi connectivity index (χ0n) is 20.2. The molecule has 2 aromatic rings. The van der Waals surface area contributed by atoms with Gasteiger partial charge in [-0.25, -0.2) is 4.79 Å². The van der Waals surface area contributed by atoms with E-state index in [-0.39, 0.29) is 31.4 Å². The molecule has 1 saturated carbocycles. The van der Waals surface area contributed by atoms with Gasteiger partial charge in [-0.1, -0.05) is 74.7 Å². The molecule has 0 heterocycles. The summed E-state index contributed by atoms with van der Waals surface area (Å²) in [5, 5.41) is 15.1. The lowest BCUT2D eigenvalue weighted by Crippen LogP contribution is -2.51. The number of carboxylic acids is 1. The highest BCUT2D eigenvalue weighted by Gasteiger charge is 2.38. The van der Waals surface area contributed by atoms with E-state index in [1.165, 1.54) is 11.1 Å². The van der Waals surface area contributed by atoms with Crippen LogP contribution < -0.4 is 10.6 Å². The monoisotopic (exact) mass is 478 g/mol. The number of ether oxygens (including phenoxy) is 1. The summed E-state index contributed by atoms with van der Waals surface area (Å²) in [4.78, 5) is 37.0. The SMILES string of the molecule is CCCC(CNC(=O)OCC1c2ccccc2-c2ccccc21)C(=O)NC1(CC(=O)O)CCCC1. The molecule has 1 fully saturated rings. The number of rotatable bonds is 10. The van der Waals surface area contributed by atoms with Gasteiger partial charge in [0, 0.05) is 12.5 Å². The van der Waals surface area contributed by atoms with Crippen LogP contribution in [-0.2, 0) is 14.3 Å². The summed E-state index contributed by atoms with van der Waals surface area (Å²) in [6.45, 7) is 2.35. The smallest absolute Gasteiger partial charge is 0.407 e. The Morgan fingerprint density at radius 1 is 1.03 bits per heavy atom. The highest BCUT2D eigenvalue weighted by atomic mass is 16.5. The van der Waals surface area contributed by atoms with Crippen LogP contribution in [0.2, 0.25) is 0 Å². The lowest BCUT2D eigenvalue weighted by molar-refractivity contribution is -0.139. The second-order valence-electron chi connectivity index (χ2n) is 9.74. The lowest BCUT2D eigenvalue weighted by atomic mass is 9.91. The van der Waals surface area contributed by atoms with E-state index >= 15 is 0 Å². The first-order chi connectivity index (χ1) is 16.9. The van der Waals surface area contributed by atoms with Crippen molar-refractivity contribution in [1.29, 1.82) is 0 Å². The number of carbonyl (C=O) groups is 3. The fourth-order valence-electron chi connectivity index (χ4n) is 5.58. The molecule has 7 heteroatoms. The minimum Gasteiger partial charge on any atom is -0.481 e. The molecule has 0 saturated heterocycles. The lowest BCUT2D eigenvalue weighted by Gasteiger charge is -2.31. The van der Waals surface area contributed by atoms with Crippen LogP contribution in [0.1, 0.15) is 68.9 Å². The molecule has 2 aliphatic carbocycles. The Labute approximate surface area is 206 Å². The van der Waals surface area contributed by atoms with E-state index < -0.39 is 23.5 Å². The number of benzene rings is 2. The zero-order valence-corrected chi connectivity index (χ0v) is 20.2. The minimum absolute atomic E-state index is 0.0267. The quantitative estimate of drug-likeness (QED) is 0.453. The van der Waals surface area contributed by atoms with E-state index in [2.05, 4.69) is 34.9 Å². The topological polar surface area (TPSA) is 105 Å². The van der Waals surface area contributed by atoms with Crippen LogP contribution in [0, 0.1) is 5.92 Å². The van der Waals surface area contributed by atoms with Gasteiger partial charge in [0.25, 0.3) is 0 Å². The summed E-state index contributed by atoms with van der Waals surface area (Å²) in [6, 6.07) is 16.3. The van der Waals surface area contributed by atoms with Crippen molar-refractivity contribution in [3.05, 3.63) is 59.7 Å². The third-order valence-corrected chi connectivity index (χ3v) is 7.28. The van der Waals surface area contributed by atoms with E-state index in [0.717, 1.165) is 30.4 Å². The van der Waals surface area contributed by atoms with Crippen molar-refractivity contribution < 1.29 is 24.2 Å². The molecule has 7 nitrogen and oxygen atoms in total. The molecule has 0 bridgehead atoms. The molecular formula is C28H34N2O5. The van der Waals surface area contributed by atoms with Crippen LogP contribution >= 0.6 is 0 Å². The average molecular weight is 479 g/mol. The Bertz CT molecular complexity index is 1030. The number of carbonyl (C=O) groups excluding carboxylic acids is 2. The molecular weight excluding hydrogens is 444 g/mol. The molecule has 2 aliphatic rings. The molecule has 0 aliphatic heterocycles. The van der Waals surface area contributed by atoms with Gasteiger partial charge in [0.15, 0.2) is 0 Å². The van der Waals surface area contributed by atoms with E-state index in [0.29, 0.717) is 19.3 Å². The van der Waals surface area contributed by atoms with Crippen molar-refractivity contribution in [2.75, 3.05) is 13.2 Å². The Kier molecular flexibility index (Phi) is 7.73. The first-order valence-corrected chi connectivity index (χ1v) is 12.5. The summed E-state index contributed by atoms with van der Waals surface area (Å²) in [7, 11) is 0. The van der Waals surface area contributed by atoms with Gasteiger partial charge < -0.3 is 20.5 Å². The van der Waals surface area contributed by atoms with Crippen molar-refractivity contribution >= 4 is 18.0 Å². The van der Waals surface area contributed by atoms with Crippen molar-refractivity contribution in [1.82, 2.24) is 10.6 Å². The maximum absolute atomic E-state index is 13.0. The highest BCUT2D eigenvalue weighted by molar-refractivity contribution is 5.82. The average Bonchev–Trinajstić information content (AvgIpc) is 3.42. The number of amides is 2. The Balaban J connectivity index is 1.34. The molecule has 0 aromatic heterocycles. The molecule has 186 valence electrons. The van der Waals surface area contributed by atoms with E-state index in [4.69, 9.17) is 4.74 Å². The molecule has 0 radical (unpaired) electrons. The number of hydrogen-bond donors (Lipinski definition) is 3. The van der Waals surface area contributed by atoms with Gasteiger partial charge in [-0.3, -0.25) is 9.59 Å². The number of alkyl carbamates (subject to hydrolysis) is 1. The minimum atomic E-state index is -0.906. The number of fused-ring (bicyclic) bond motifs is 3. The van der Waals surface area contributed by atoms with Crippen molar-refractivity contribution in [2.24, 2.45) is 5.92 Å². The number of nitrogens with one attached hydrogen (secondary N) is 2. The fourth-order valence-corrected chi connectivity index (χ4v) is 5.58. The highest BCUT2D eigenvalue weighted by Crippen LogP contribution is 2.44. The van der Waals surface area contributed by atoms with Crippen molar-refractivity contribution in [3.8, 4) is 11.1 Å². The summed E-state index contributed by atoms with van der Waals surface area (Å²) < 4.78 is 5.59. The molecule has 3 N–H and O–H groups in total. The maximum atomic E-state index is 13.0. The van der Waals surface area contributed by atoms with Crippen LogP contribution in [0.25, 0.3) is 11.1 Å². The Morgan fingerprint density at radius 2 is 1.63 bits per heavy atom. The normalized spacial score (nSPS) is 16.7. The van der Waals surface area contributed by atoms with Gasteiger partial charge in [-0.15, -0.1) is 0 Å². The zero-order chi connectivity index (χ0) is 24.8. The largest absolute Gasteiger partial charge is 0.481 e. The second kappa shape index (κ2) is 10.9. The Morgan fingerprint density at radius 3 is 2.20 bits per heavy atom. The molecule has 0 spiro atoms. The molecule has 1 atom stereocenters. The molecule has 35 heavy (non-hydrogen) atoms. The van der Waals surface area contributed by atoms with Crippen LogP contribution in [0.5, 0.6) is 0 Å². The predicted octanol–water partition coefficient (Wildman–Crippen LogP) is 4.85. The van der Waals surface area contributed by atoms with Crippen LogP contribution in [0.15, 0.2) is 48.5 Å². The van der Waals surface area contributed by atoms with E-state index in [9.17, 15) is 19.5 Å². The molecule has 1 unspecified atom stereocenters. The van der Waals surface area contributed by atoms with Crippen LogP contribution in [-0.4, -0.2) is 41.8 Å². The number of hydrogen-bond acceptors (Lipinski definition) is 4.